The third-order valence-corrected chi connectivity index (χ3v) is 3.99. The first-order valence-corrected chi connectivity index (χ1v) is 7.83. The molecule has 110 valence electrons. The fourth-order valence-corrected chi connectivity index (χ4v) is 2.77. The molecule has 2 aromatic heterocycles. The van der Waals surface area contributed by atoms with Crippen LogP contribution in [0.4, 0.5) is 0 Å². The number of furan rings is 1. The number of thioether (sulfide) groups is 1. The maximum absolute atomic E-state index is 8.77. The Kier molecular flexibility index (Phi) is 4.56. The molecule has 0 aliphatic rings. The number of benzene rings is 1. The lowest BCUT2D eigenvalue weighted by Gasteiger charge is -2.08. The minimum absolute atomic E-state index is 0.349. The monoisotopic (exact) mass is 310 g/mol. The highest BCUT2D eigenvalue weighted by Gasteiger charge is 2.14. The van der Waals surface area contributed by atoms with Crippen LogP contribution < -0.4 is 0 Å². The molecule has 0 aliphatic heterocycles. The Morgan fingerprint density at radius 3 is 2.73 bits per heavy atom. The van der Waals surface area contributed by atoms with E-state index in [1.165, 1.54) is 17.3 Å². The van der Waals surface area contributed by atoms with Gasteiger partial charge in [0.05, 0.1) is 24.6 Å². The molecular weight excluding hydrogens is 296 g/mol. The Bertz CT molecular complexity index is 759. The van der Waals surface area contributed by atoms with Crippen LogP contribution in [0.15, 0.2) is 58.3 Å². The van der Waals surface area contributed by atoms with Crippen LogP contribution in [0.2, 0.25) is 0 Å². The van der Waals surface area contributed by atoms with Crippen molar-refractivity contribution < 1.29 is 4.42 Å². The van der Waals surface area contributed by atoms with Crippen molar-refractivity contribution in [2.75, 3.05) is 5.75 Å². The highest BCUT2D eigenvalue weighted by molar-refractivity contribution is 7.99. The molecule has 0 radical (unpaired) electrons. The van der Waals surface area contributed by atoms with Gasteiger partial charge in [0, 0.05) is 6.42 Å². The van der Waals surface area contributed by atoms with E-state index in [4.69, 9.17) is 9.68 Å². The average molecular weight is 310 g/mol. The number of hydrogen-bond acceptors (Lipinski definition) is 5. The highest BCUT2D eigenvalue weighted by Crippen LogP contribution is 2.20. The molecule has 0 amide bonds. The zero-order valence-corrected chi connectivity index (χ0v) is 12.7. The van der Waals surface area contributed by atoms with Gasteiger partial charge in [0.2, 0.25) is 0 Å². The molecule has 0 N–H and O–H groups in total. The van der Waals surface area contributed by atoms with Crippen LogP contribution in [0.1, 0.15) is 17.1 Å². The van der Waals surface area contributed by atoms with Gasteiger partial charge in [0.15, 0.2) is 5.16 Å². The summed E-state index contributed by atoms with van der Waals surface area (Å²) in [6.07, 6.45) is 2.35. The summed E-state index contributed by atoms with van der Waals surface area (Å²) in [6, 6.07) is 16.0. The zero-order valence-electron chi connectivity index (χ0n) is 11.8. The summed E-state index contributed by atoms with van der Waals surface area (Å²) in [5.41, 5.74) is 1.17. The molecule has 6 heteroatoms. The van der Waals surface area contributed by atoms with Crippen LogP contribution in [-0.2, 0) is 13.0 Å². The summed E-state index contributed by atoms with van der Waals surface area (Å²) in [6.45, 7) is 0.565. The smallest absolute Gasteiger partial charge is 0.192 e. The van der Waals surface area contributed by atoms with Gasteiger partial charge in [-0.3, -0.25) is 4.57 Å². The molecule has 0 aliphatic carbocycles. The number of nitrogens with zero attached hydrogens (tertiary/aromatic N) is 4. The number of aromatic nitrogens is 3. The Morgan fingerprint density at radius 1 is 1.14 bits per heavy atom. The van der Waals surface area contributed by atoms with Gasteiger partial charge in [-0.05, 0) is 17.7 Å². The van der Waals surface area contributed by atoms with E-state index >= 15 is 0 Å². The van der Waals surface area contributed by atoms with E-state index < -0.39 is 0 Å². The lowest BCUT2D eigenvalue weighted by atomic mass is 10.1. The first kappa shape index (κ1) is 14.4. The van der Waals surface area contributed by atoms with Gasteiger partial charge < -0.3 is 4.42 Å². The SMILES string of the molecule is N#CCSc1nnc(Cc2ccccc2)n1Cc1ccco1. The second-order valence-corrected chi connectivity index (χ2v) is 5.62. The summed E-state index contributed by atoms with van der Waals surface area (Å²) in [7, 11) is 0. The van der Waals surface area contributed by atoms with Crippen molar-refractivity contribution >= 4 is 11.8 Å². The van der Waals surface area contributed by atoms with Crippen molar-refractivity contribution in [1.29, 1.82) is 5.26 Å². The van der Waals surface area contributed by atoms with Gasteiger partial charge in [-0.25, -0.2) is 0 Å². The molecule has 2 heterocycles. The minimum atomic E-state index is 0.349. The minimum Gasteiger partial charge on any atom is -0.467 e. The molecular formula is C16H14N4OS. The van der Waals surface area contributed by atoms with Crippen LogP contribution in [0.5, 0.6) is 0 Å². The van der Waals surface area contributed by atoms with Gasteiger partial charge >= 0.3 is 0 Å². The van der Waals surface area contributed by atoms with Crippen molar-refractivity contribution in [3.05, 3.63) is 65.9 Å². The lowest BCUT2D eigenvalue weighted by Crippen LogP contribution is -2.07. The van der Waals surface area contributed by atoms with E-state index in [9.17, 15) is 0 Å². The molecule has 22 heavy (non-hydrogen) atoms. The molecule has 3 aromatic rings. The maximum atomic E-state index is 8.77. The summed E-state index contributed by atoms with van der Waals surface area (Å²) >= 11 is 1.39. The van der Waals surface area contributed by atoms with Crippen molar-refractivity contribution in [3.63, 3.8) is 0 Å². The normalized spacial score (nSPS) is 10.5. The van der Waals surface area contributed by atoms with Crippen LogP contribution >= 0.6 is 11.8 Å². The Hall–Kier alpha value is -2.52. The first-order valence-electron chi connectivity index (χ1n) is 6.85. The molecule has 0 atom stereocenters. The topological polar surface area (TPSA) is 67.6 Å². The Morgan fingerprint density at radius 2 is 2.00 bits per heavy atom. The molecule has 3 rings (SSSR count). The Labute approximate surface area is 132 Å². The zero-order chi connectivity index (χ0) is 15.2. The van der Waals surface area contributed by atoms with E-state index in [0.29, 0.717) is 18.7 Å². The van der Waals surface area contributed by atoms with E-state index in [-0.39, 0.29) is 0 Å². The standard InChI is InChI=1S/C16H14N4OS/c17-8-10-22-16-19-18-15(11-13-5-2-1-3-6-13)20(16)12-14-7-4-9-21-14/h1-7,9H,10-12H2. The predicted molar refractivity (Wildman–Crippen MR) is 83.4 cm³/mol. The van der Waals surface area contributed by atoms with E-state index in [2.05, 4.69) is 28.4 Å². The second-order valence-electron chi connectivity index (χ2n) is 4.67. The third-order valence-electron chi connectivity index (χ3n) is 3.16. The second kappa shape index (κ2) is 6.96. The van der Waals surface area contributed by atoms with Gasteiger partial charge in [-0.2, -0.15) is 5.26 Å². The van der Waals surface area contributed by atoms with Crippen molar-refractivity contribution in [3.8, 4) is 6.07 Å². The van der Waals surface area contributed by atoms with Crippen molar-refractivity contribution in [2.45, 2.75) is 18.1 Å². The lowest BCUT2D eigenvalue weighted by molar-refractivity contribution is 0.479. The molecule has 1 aromatic carbocycles. The van der Waals surface area contributed by atoms with Gasteiger partial charge in [0.25, 0.3) is 0 Å². The molecule has 0 saturated carbocycles. The summed E-state index contributed by atoms with van der Waals surface area (Å²) in [5, 5.41) is 18.0. The molecule has 0 spiro atoms. The molecule has 0 unspecified atom stereocenters. The molecule has 0 fully saturated rings. The fourth-order valence-electron chi connectivity index (χ4n) is 2.15. The van der Waals surface area contributed by atoms with Crippen molar-refractivity contribution in [1.82, 2.24) is 14.8 Å². The van der Waals surface area contributed by atoms with E-state index in [0.717, 1.165) is 16.7 Å². The summed E-state index contributed by atoms with van der Waals surface area (Å²) in [5.74, 6) is 2.05. The van der Waals surface area contributed by atoms with Crippen LogP contribution in [0, 0.1) is 11.3 Å². The molecule has 0 saturated heterocycles. The van der Waals surface area contributed by atoms with Crippen LogP contribution in [-0.4, -0.2) is 20.5 Å². The predicted octanol–water partition coefficient (Wildman–Crippen LogP) is 3.13. The highest BCUT2D eigenvalue weighted by atomic mass is 32.2. The number of nitriles is 1. The summed E-state index contributed by atoms with van der Waals surface area (Å²) in [4.78, 5) is 0. The molecule has 0 bridgehead atoms. The molecule has 5 nitrogen and oxygen atoms in total. The van der Waals surface area contributed by atoms with Gasteiger partial charge in [0.1, 0.15) is 11.6 Å². The third kappa shape index (κ3) is 3.38. The fraction of sp³-hybridized carbons (Fsp3) is 0.188. The van der Waals surface area contributed by atoms with Crippen LogP contribution in [0.25, 0.3) is 0 Å². The first-order chi connectivity index (χ1) is 10.9. The Balaban J connectivity index is 1.88. The largest absolute Gasteiger partial charge is 0.467 e. The summed E-state index contributed by atoms with van der Waals surface area (Å²) < 4.78 is 7.43. The maximum Gasteiger partial charge on any atom is 0.192 e. The number of hydrogen-bond donors (Lipinski definition) is 0. The van der Waals surface area contributed by atoms with E-state index in [1.807, 2.05) is 34.9 Å². The number of rotatable bonds is 6. The quantitative estimate of drug-likeness (QED) is 0.654. The van der Waals surface area contributed by atoms with Gasteiger partial charge in [-0.1, -0.05) is 42.1 Å². The average Bonchev–Trinajstić information content (AvgIpc) is 3.18. The van der Waals surface area contributed by atoms with Crippen molar-refractivity contribution in [2.24, 2.45) is 0 Å². The van der Waals surface area contributed by atoms with E-state index in [1.54, 1.807) is 6.26 Å². The van der Waals surface area contributed by atoms with Crippen LogP contribution in [0.3, 0.4) is 0 Å². The van der Waals surface area contributed by atoms with Gasteiger partial charge in [-0.15, -0.1) is 10.2 Å².